The first-order valence-corrected chi connectivity index (χ1v) is 12.9. The maximum atomic E-state index is 12.9. The minimum Gasteiger partial charge on any atom is -0.488 e. The average Bonchev–Trinajstić information content (AvgIpc) is 3.46. The number of hydrogen-bond donors (Lipinski definition) is 2. The molecule has 1 unspecified atom stereocenters. The molecule has 4 rings (SSSR count). The first-order valence-electron chi connectivity index (χ1n) is 12.9. The molecule has 2 amide bonds. The van der Waals surface area contributed by atoms with Gasteiger partial charge in [0.1, 0.15) is 18.1 Å². The Bertz CT molecular complexity index is 1160. The summed E-state index contributed by atoms with van der Waals surface area (Å²) in [4.78, 5) is 30.3. The predicted octanol–water partition coefficient (Wildman–Crippen LogP) is 5.19. The second-order valence-corrected chi connectivity index (χ2v) is 8.94. The first kappa shape index (κ1) is 26.4. The van der Waals surface area contributed by atoms with Crippen LogP contribution in [0.4, 0.5) is 0 Å². The third-order valence-corrected chi connectivity index (χ3v) is 6.12. The molecule has 8 heteroatoms. The summed E-state index contributed by atoms with van der Waals surface area (Å²) in [7, 11) is 0. The Morgan fingerprint density at radius 2 is 1.92 bits per heavy atom. The molecule has 196 valence electrons. The fraction of sp³-hybridized carbons (Fsp3) is 0.379. The molecular formula is C29H34N2O6. The van der Waals surface area contributed by atoms with E-state index in [1.165, 1.54) is 0 Å². The van der Waals surface area contributed by atoms with Gasteiger partial charge in [-0.2, -0.15) is 0 Å². The van der Waals surface area contributed by atoms with E-state index >= 15 is 0 Å². The molecule has 1 saturated heterocycles. The number of hydroxylamine groups is 1. The lowest BCUT2D eigenvalue weighted by molar-refractivity contribution is -0.200. The molecule has 3 aromatic rings. The van der Waals surface area contributed by atoms with Crippen LogP contribution in [0.15, 0.2) is 76.9 Å². The smallest absolute Gasteiger partial charge is 0.250 e. The Kier molecular flexibility index (Phi) is 10.2. The first-order chi connectivity index (χ1) is 18.2. The molecule has 0 radical (unpaired) electrons. The Labute approximate surface area is 216 Å². The number of rotatable bonds is 13. The van der Waals surface area contributed by atoms with Gasteiger partial charge in [0.05, 0.1) is 18.4 Å². The van der Waals surface area contributed by atoms with E-state index in [9.17, 15) is 9.59 Å². The normalized spacial score (nSPS) is 15.9. The van der Waals surface area contributed by atoms with E-state index in [0.717, 1.165) is 42.2 Å². The summed E-state index contributed by atoms with van der Waals surface area (Å²) < 4.78 is 16.8. The van der Waals surface area contributed by atoms with Gasteiger partial charge in [-0.1, -0.05) is 42.5 Å². The number of carbonyl (C=O) groups excluding carboxylic acids is 2. The van der Waals surface area contributed by atoms with Crippen molar-refractivity contribution >= 4 is 22.6 Å². The number of nitrogens with one attached hydrogen (secondary N) is 2. The van der Waals surface area contributed by atoms with Crippen LogP contribution in [0.2, 0.25) is 0 Å². The summed E-state index contributed by atoms with van der Waals surface area (Å²) in [6.07, 6.45) is 8.35. The monoisotopic (exact) mass is 506 g/mol. The Hall–Kier alpha value is -3.62. The highest BCUT2D eigenvalue weighted by molar-refractivity contribution is 5.94. The highest BCUT2D eigenvalue weighted by atomic mass is 16.8. The standard InChI is InChI=1S/C29H34N2O6/c32-27(31-37-28-17-6-7-18-35-28)16-3-1-2-11-23(29(33)30-20-24-13-9-19-34-24)21-36-26-15-8-12-22-10-4-5-14-25(22)26/h4-5,8-15,19,28H,1-3,6-7,16-18,20-21H2,(H,30,33)(H,31,32). The zero-order chi connectivity index (χ0) is 25.7. The van der Waals surface area contributed by atoms with Crippen LogP contribution in [-0.4, -0.2) is 31.3 Å². The summed E-state index contributed by atoms with van der Waals surface area (Å²) in [5.41, 5.74) is 3.01. The van der Waals surface area contributed by atoms with Gasteiger partial charge in [-0.15, -0.1) is 0 Å². The highest BCUT2D eigenvalue weighted by Crippen LogP contribution is 2.25. The lowest BCUT2D eigenvalue weighted by Gasteiger charge is -2.22. The van der Waals surface area contributed by atoms with Crippen LogP contribution in [0.25, 0.3) is 10.8 Å². The lowest BCUT2D eigenvalue weighted by Crippen LogP contribution is -2.32. The van der Waals surface area contributed by atoms with Crippen molar-refractivity contribution in [2.24, 2.45) is 0 Å². The fourth-order valence-corrected chi connectivity index (χ4v) is 4.08. The number of allylic oxidation sites excluding steroid dienone is 1. The molecule has 0 bridgehead atoms. The maximum Gasteiger partial charge on any atom is 0.250 e. The van der Waals surface area contributed by atoms with Crippen LogP contribution in [0.3, 0.4) is 0 Å². The maximum absolute atomic E-state index is 12.9. The molecule has 0 spiro atoms. The van der Waals surface area contributed by atoms with E-state index in [4.69, 9.17) is 18.7 Å². The van der Waals surface area contributed by atoms with Crippen LogP contribution < -0.4 is 15.5 Å². The van der Waals surface area contributed by atoms with E-state index in [1.54, 1.807) is 12.3 Å². The molecule has 8 nitrogen and oxygen atoms in total. The molecule has 1 aliphatic heterocycles. The van der Waals surface area contributed by atoms with Gasteiger partial charge in [0.25, 0.3) is 5.91 Å². The van der Waals surface area contributed by atoms with Gasteiger partial charge in [-0.25, -0.2) is 10.3 Å². The van der Waals surface area contributed by atoms with Crippen LogP contribution in [0.5, 0.6) is 5.75 Å². The second-order valence-electron chi connectivity index (χ2n) is 8.94. The zero-order valence-corrected chi connectivity index (χ0v) is 20.9. The molecule has 2 N–H and O–H groups in total. The van der Waals surface area contributed by atoms with Gasteiger partial charge >= 0.3 is 0 Å². The van der Waals surface area contributed by atoms with Gasteiger partial charge < -0.3 is 19.2 Å². The second kappa shape index (κ2) is 14.2. The number of carbonyl (C=O) groups is 2. The van der Waals surface area contributed by atoms with Gasteiger partial charge in [-0.3, -0.25) is 9.59 Å². The molecule has 0 aliphatic carbocycles. The van der Waals surface area contributed by atoms with Crippen molar-refractivity contribution in [1.82, 2.24) is 10.8 Å². The lowest BCUT2D eigenvalue weighted by atomic mass is 10.1. The molecule has 37 heavy (non-hydrogen) atoms. The molecule has 2 heterocycles. The number of benzene rings is 2. The topological polar surface area (TPSA) is 99.0 Å². The average molecular weight is 507 g/mol. The summed E-state index contributed by atoms with van der Waals surface area (Å²) in [5, 5.41) is 4.96. The summed E-state index contributed by atoms with van der Waals surface area (Å²) >= 11 is 0. The number of hydrogen-bond acceptors (Lipinski definition) is 6. The molecule has 1 atom stereocenters. The van der Waals surface area contributed by atoms with E-state index in [1.807, 2.05) is 54.6 Å². The molecule has 2 aromatic carbocycles. The van der Waals surface area contributed by atoms with Crippen LogP contribution in [-0.2, 0) is 25.7 Å². The van der Waals surface area contributed by atoms with Crippen molar-refractivity contribution in [2.45, 2.75) is 57.8 Å². The van der Waals surface area contributed by atoms with Crippen molar-refractivity contribution in [2.75, 3.05) is 13.2 Å². The van der Waals surface area contributed by atoms with Gasteiger partial charge in [-0.05, 0) is 55.7 Å². The quantitative estimate of drug-likeness (QED) is 0.188. The number of fused-ring (bicyclic) bond motifs is 1. The Morgan fingerprint density at radius 3 is 2.76 bits per heavy atom. The van der Waals surface area contributed by atoms with E-state index in [2.05, 4.69) is 10.8 Å². The van der Waals surface area contributed by atoms with Crippen molar-refractivity contribution in [3.05, 3.63) is 78.3 Å². The van der Waals surface area contributed by atoms with E-state index in [0.29, 0.717) is 43.7 Å². The van der Waals surface area contributed by atoms with Gasteiger partial charge in [0.2, 0.25) is 5.91 Å². The van der Waals surface area contributed by atoms with Crippen molar-refractivity contribution < 1.29 is 28.3 Å². The van der Waals surface area contributed by atoms with E-state index < -0.39 is 0 Å². The molecule has 1 aromatic heterocycles. The SMILES string of the molecule is O=C(CCCCC=C(COc1cccc2ccccc12)C(=O)NCc1ccco1)NOC1CCCCO1. The summed E-state index contributed by atoms with van der Waals surface area (Å²) in [5.74, 6) is 1.01. The van der Waals surface area contributed by atoms with E-state index in [-0.39, 0.29) is 24.7 Å². The number of amides is 2. The minimum absolute atomic E-state index is 0.133. The molecule has 1 fully saturated rings. The zero-order valence-electron chi connectivity index (χ0n) is 20.9. The van der Waals surface area contributed by atoms with Gasteiger partial charge in [0, 0.05) is 24.8 Å². The van der Waals surface area contributed by atoms with Gasteiger partial charge in [0.15, 0.2) is 6.29 Å². The number of ether oxygens (including phenoxy) is 2. The Morgan fingerprint density at radius 1 is 1.03 bits per heavy atom. The third-order valence-electron chi connectivity index (χ3n) is 6.12. The largest absolute Gasteiger partial charge is 0.488 e. The molecular weight excluding hydrogens is 472 g/mol. The van der Waals surface area contributed by atoms with Crippen LogP contribution in [0.1, 0.15) is 50.7 Å². The van der Waals surface area contributed by atoms with Crippen molar-refractivity contribution in [1.29, 1.82) is 0 Å². The van der Waals surface area contributed by atoms with Crippen molar-refractivity contribution in [3.63, 3.8) is 0 Å². The minimum atomic E-state index is -0.357. The summed E-state index contributed by atoms with van der Waals surface area (Å²) in [6.45, 7) is 1.09. The Balaban J connectivity index is 1.28. The number of furan rings is 1. The molecule has 1 aliphatic rings. The predicted molar refractivity (Wildman–Crippen MR) is 139 cm³/mol. The third kappa shape index (κ3) is 8.48. The summed E-state index contributed by atoms with van der Waals surface area (Å²) in [6, 6.07) is 17.4. The van der Waals surface area contributed by atoms with Crippen LogP contribution in [0, 0.1) is 0 Å². The van der Waals surface area contributed by atoms with Crippen LogP contribution >= 0.6 is 0 Å². The molecule has 0 saturated carbocycles. The highest BCUT2D eigenvalue weighted by Gasteiger charge is 2.16. The fourth-order valence-electron chi connectivity index (χ4n) is 4.08. The number of unbranched alkanes of at least 4 members (excludes halogenated alkanes) is 2. The van der Waals surface area contributed by atoms with Crippen molar-refractivity contribution in [3.8, 4) is 5.75 Å².